The zero-order chi connectivity index (χ0) is 9.38. The minimum Gasteiger partial charge on any atom is -0.378 e. The molecule has 80 valence electrons. The van der Waals surface area contributed by atoms with Gasteiger partial charge in [0.15, 0.2) is 0 Å². The summed E-state index contributed by atoms with van der Waals surface area (Å²) in [6.45, 7) is 1.05. The van der Waals surface area contributed by atoms with Crippen LogP contribution in [-0.4, -0.2) is 24.8 Å². The third-order valence-electron chi connectivity index (χ3n) is 4.22. The Balaban J connectivity index is 1.44. The van der Waals surface area contributed by atoms with Gasteiger partial charge in [0.25, 0.3) is 0 Å². The molecule has 0 spiro atoms. The zero-order valence-electron chi connectivity index (χ0n) is 8.87. The molecular formula is C12H21NO. The van der Waals surface area contributed by atoms with Crippen molar-refractivity contribution in [2.24, 2.45) is 5.92 Å². The topological polar surface area (TPSA) is 21.3 Å². The molecule has 2 atom stereocenters. The second kappa shape index (κ2) is 3.82. The van der Waals surface area contributed by atoms with Crippen molar-refractivity contribution in [2.75, 3.05) is 6.61 Å². The monoisotopic (exact) mass is 195 g/mol. The van der Waals surface area contributed by atoms with Crippen LogP contribution in [0.1, 0.15) is 44.9 Å². The lowest BCUT2D eigenvalue weighted by molar-refractivity contribution is -0.0131. The van der Waals surface area contributed by atoms with E-state index >= 15 is 0 Å². The highest BCUT2D eigenvalue weighted by Gasteiger charge is 2.34. The van der Waals surface area contributed by atoms with Crippen molar-refractivity contribution in [1.82, 2.24) is 5.32 Å². The maximum Gasteiger partial charge on any atom is 0.0604 e. The van der Waals surface area contributed by atoms with Gasteiger partial charge in [0, 0.05) is 18.7 Å². The molecule has 0 aromatic carbocycles. The molecule has 2 heteroatoms. The molecule has 2 saturated heterocycles. The van der Waals surface area contributed by atoms with Crippen molar-refractivity contribution < 1.29 is 4.74 Å². The van der Waals surface area contributed by atoms with E-state index < -0.39 is 0 Å². The highest BCUT2D eigenvalue weighted by molar-refractivity contribution is 4.92. The van der Waals surface area contributed by atoms with Gasteiger partial charge >= 0.3 is 0 Å². The van der Waals surface area contributed by atoms with E-state index in [0.717, 1.165) is 24.6 Å². The molecule has 1 aliphatic carbocycles. The Bertz CT molecular complexity index is 190. The van der Waals surface area contributed by atoms with Crippen molar-refractivity contribution in [1.29, 1.82) is 0 Å². The molecule has 1 saturated carbocycles. The van der Waals surface area contributed by atoms with Gasteiger partial charge in [0.1, 0.15) is 0 Å². The van der Waals surface area contributed by atoms with Crippen LogP contribution >= 0.6 is 0 Å². The molecular weight excluding hydrogens is 174 g/mol. The van der Waals surface area contributed by atoms with Crippen LogP contribution in [-0.2, 0) is 4.74 Å². The van der Waals surface area contributed by atoms with E-state index in [4.69, 9.17) is 4.74 Å². The molecule has 0 aromatic heterocycles. The Kier molecular flexibility index (Phi) is 2.50. The van der Waals surface area contributed by atoms with Crippen molar-refractivity contribution in [3.05, 3.63) is 0 Å². The molecule has 2 unspecified atom stereocenters. The van der Waals surface area contributed by atoms with Crippen molar-refractivity contribution in [3.63, 3.8) is 0 Å². The largest absolute Gasteiger partial charge is 0.378 e. The average molecular weight is 195 g/mol. The summed E-state index contributed by atoms with van der Waals surface area (Å²) < 4.78 is 6.03. The van der Waals surface area contributed by atoms with Crippen molar-refractivity contribution in [2.45, 2.75) is 63.1 Å². The normalized spacial score (nSPS) is 42.4. The second-order valence-electron chi connectivity index (χ2n) is 5.36. The second-order valence-corrected chi connectivity index (χ2v) is 5.36. The third kappa shape index (κ3) is 1.82. The van der Waals surface area contributed by atoms with Gasteiger partial charge in [-0.1, -0.05) is 6.42 Å². The molecule has 0 amide bonds. The molecule has 3 rings (SSSR count). The Morgan fingerprint density at radius 2 is 1.71 bits per heavy atom. The van der Waals surface area contributed by atoms with Crippen molar-refractivity contribution in [3.8, 4) is 0 Å². The van der Waals surface area contributed by atoms with E-state index in [-0.39, 0.29) is 0 Å². The summed E-state index contributed by atoms with van der Waals surface area (Å²) in [6, 6.07) is 1.56. The maximum absolute atomic E-state index is 6.03. The highest BCUT2D eigenvalue weighted by Crippen LogP contribution is 2.31. The summed E-state index contributed by atoms with van der Waals surface area (Å²) in [4.78, 5) is 0. The van der Waals surface area contributed by atoms with Gasteiger partial charge in [0.2, 0.25) is 0 Å². The number of hydrogen-bond acceptors (Lipinski definition) is 2. The first-order valence-electron chi connectivity index (χ1n) is 6.28. The van der Waals surface area contributed by atoms with Crippen LogP contribution in [0.15, 0.2) is 0 Å². The van der Waals surface area contributed by atoms with Crippen LogP contribution in [0.25, 0.3) is 0 Å². The molecule has 2 bridgehead atoms. The number of rotatable bonds is 3. The number of piperidine rings is 1. The Labute approximate surface area is 86.4 Å². The first-order valence-corrected chi connectivity index (χ1v) is 6.28. The molecule has 2 heterocycles. The fourth-order valence-corrected chi connectivity index (χ4v) is 3.07. The quantitative estimate of drug-likeness (QED) is 0.744. The summed E-state index contributed by atoms with van der Waals surface area (Å²) in [5.74, 6) is 0.905. The van der Waals surface area contributed by atoms with E-state index in [2.05, 4.69) is 5.32 Å². The molecule has 1 N–H and O–H groups in total. The minimum atomic E-state index is 0.578. The molecule has 0 radical (unpaired) electrons. The smallest absolute Gasteiger partial charge is 0.0604 e. The first-order chi connectivity index (χ1) is 6.90. The molecule has 2 aliphatic heterocycles. The lowest BCUT2D eigenvalue weighted by atomic mass is 9.86. The Morgan fingerprint density at radius 1 is 1.00 bits per heavy atom. The van der Waals surface area contributed by atoms with Crippen LogP contribution in [0.5, 0.6) is 0 Å². The standard InChI is InChI=1S/C12H21NO/c1-2-9(3-1)8-14-12-6-10-4-5-11(7-12)13-10/h9-13H,1-8H2. The molecule has 3 fully saturated rings. The van der Waals surface area contributed by atoms with Gasteiger partial charge in [0.05, 0.1) is 6.10 Å². The van der Waals surface area contributed by atoms with Crippen molar-refractivity contribution >= 4 is 0 Å². The van der Waals surface area contributed by atoms with Crippen LogP contribution in [0.2, 0.25) is 0 Å². The van der Waals surface area contributed by atoms with E-state index in [9.17, 15) is 0 Å². The minimum absolute atomic E-state index is 0.578. The SMILES string of the molecule is C1CC(COC2CC3CCC(C2)N3)C1. The van der Waals surface area contributed by atoms with E-state index in [1.54, 1.807) is 0 Å². The Hall–Kier alpha value is -0.0800. The lowest BCUT2D eigenvalue weighted by Crippen LogP contribution is -2.42. The van der Waals surface area contributed by atoms with E-state index in [1.807, 2.05) is 0 Å². The van der Waals surface area contributed by atoms with Gasteiger partial charge in [-0.3, -0.25) is 0 Å². The lowest BCUT2D eigenvalue weighted by Gasteiger charge is -2.32. The fourth-order valence-electron chi connectivity index (χ4n) is 3.07. The van der Waals surface area contributed by atoms with Gasteiger partial charge in [-0.05, 0) is 44.4 Å². The van der Waals surface area contributed by atoms with Crippen LogP contribution < -0.4 is 5.32 Å². The molecule has 0 aromatic rings. The summed E-state index contributed by atoms with van der Waals surface area (Å²) in [6.07, 6.45) is 10.1. The summed E-state index contributed by atoms with van der Waals surface area (Å²) in [5, 5.41) is 3.66. The molecule has 14 heavy (non-hydrogen) atoms. The third-order valence-corrected chi connectivity index (χ3v) is 4.22. The van der Waals surface area contributed by atoms with Gasteiger partial charge in [-0.25, -0.2) is 0 Å². The highest BCUT2D eigenvalue weighted by atomic mass is 16.5. The first kappa shape index (κ1) is 9.17. The number of ether oxygens (including phenoxy) is 1. The van der Waals surface area contributed by atoms with Crippen LogP contribution in [0.3, 0.4) is 0 Å². The predicted octanol–water partition coefficient (Wildman–Crippen LogP) is 2.09. The van der Waals surface area contributed by atoms with E-state index in [0.29, 0.717) is 6.10 Å². The van der Waals surface area contributed by atoms with E-state index in [1.165, 1.54) is 44.9 Å². The predicted molar refractivity (Wildman–Crippen MR) is 56.3 cm³/mol. The number of nitrogens with one attached hydrogen (secondary N) is 1. The maximum atomic E-state index is 6.03. The zero-order valence-corrected chi connectivity index (χ0v) is 8.87. The summed E-state index contributed by atoms with van der Waals surface area (Å²) in [5.41, 5.74) is 0. The van der Waals surface area contributed by atoms with Gasteiger partial charge in [-0.2, -0.15) is 0 Å². The Morgan fingerprint density at radius 3 is 2.29 bits per heavy atom. The van der Waals surface area contributed by atoms with Crippen LogP contribution in [0, 0.1) is 5.92 Å². The average Bonchev–Trinajstić information content (AvgIpc) is 2.43. The summed E-state index contributed by atoms with van der Waals surface area (Å²) >= 11 is 0. The van der Waals surface area contributed by atoms with Crippen LogP contribution in [0.4, 0.5) is 0 Å². The number of fused-ring (bicyclic) bond motifs is 2. The molecule has 3 aliphatic rings. The number of hydrogen-bond donors (Lipinski definition) is 1. The fraction of sp³-hybridized carbons (Fsp3) is 1.00. The molecule has 2 nitrogen and oxygen atoms in total. The van der Waals surface area contributed by atoms with Gasteiger partial charge in [-0.15, -0.1) is 0 Å². The van der Waals surface area contributed by atoms with Gasteiger partial charge < -0.3 is 10.1 Å². The summed E-state index contributed by atoms with van der Waals surface area (Å²) in [7, 11) is 0.